The number of anilines is 1. The van der Waals surface area contributed by atoms with E-state index in [0.717, 1.165) is 30.7 Å². The minimum atomic E-state index is -4.53. The maximum atomic E-state index is 12.8. The third kappa shape index (κ3) is 7.95. The van der Waals surface area contributed by atoms with Crippen LogP contribution in [0.3, 0.4) is 0 Å². The number of sulfonamides is 1. The predicted molar refractivity (Wildman–Crippen MR) is 114 cm³/mol. The molecule has 0 atom stereocenters. The first kappa shape index (κ1) is 25.4. The summed E-state index contributed by atoms with van der Waals surface area (Å²) in [4.78, 5) is 2.01. The predicted octanol–water partition coefficient (Wildman–Crippen LogP) is 4.03. The summed E-state index contributed by atoms with van der Waals surface area (Å²) >= 11 is 0. The van der Waals surface area contributed by atoms with Crippen LogP contribution in [0.15, 0.2) is 48.1 Å². The van der Waals surface area contributed by atoms with Gasteiger partial charge in [0.05, 0.1) is 11.3 Å². The highest BCUT2D eigenvalue weighted by Gasteiger charge is 2.31. The number of methoxy groups -OCH3 is 2. The highest BCUT2D eigenvalue weighted by molar-refractivity contribution is 7.92. The van der Waals surface area contributed by atoms with Crippen molar-refractivity contribution in [2.45, 2.75) is 31.2 Å². The van der Waals surface area contributed by atoms with Gasteiger partial charge in [-0.25, -0.2) is 8.42 Å². The first-order chi connectivity index (χ1) is 14.5. The molecule has 0 amide bonds. The zero-order valence-electron chi connectivity index (χ0n) is 17.9. The van der Waals surface area contributed by atoms with Crippen LogP contribution < -0.4 is 4.72 Å². The fourth-order valence-corrected chi connectivity index (χ4v) is 4.36. The summed E-state index contributed by atoms with van der Waals surface area (Å²) in [6.07, 6.45) is 3.02. The lowest BCUT2D eigenvalue weighted by Gasteiger charge is -2.31. The number of nitrogens with zero attached hydrogens (tertiary/aromatic N) is 1. The van der Waals surface area contributed by atoms with Gasteiger partial charge >= 0.3 is 6.18 Å². The number of allylic oxidation sites excluding steroid dienone is 2. The van der Waals surface area contributed by atoms with Crippen molar-refractivity contribution in [1.82, 2.24) is 4.90 Å². The van der Waals surface area contributed by atoms with Crippen molar-refractivity contribution >= 4 is 15.7 Å². The Bertz CT molecular complexity index is 894. The number of rotatable bonds is 11. The fraction of sp³-hybridized carbons (Fsp3) is 0.524. The number of hydrogen-bond donors (Lipinski definition) is 1. The first-order valence-corrected chi connectivity index (χ1v) is 11.5. The minimum Gasteiger partial charge on any atom is -0.349 e. The quantitative estimate of drug-likeness (QED) is 0.503. The Hall–Kier alpha value is -1.88. The Labute approximate surface area is 181 Å². The van der Waals surface area contributed by atoms with Gasteiger partial charge in [0.2, 0.25) is 10.0 Å². The second-order valence-electron chi connectivity index (χ2n) is 7.49. The van der Waals surface area contributed by atoms with E-state index in [2.05, 4.69) is 4.72 Å². The molecule has 6 nitrogen and oxygen atoms in total. The van der Waals surface area contributed by atoms with E-state index in [9.17, 15) is 21.6 Å². The topological polar surface area (TPSA) is 67.9 Å². The van der Waals surface area contributed by atoms with Crippen molar-refractivity contribution < 1.29 is 31.1 Å². The van der Waals surface area contributed by atoms with Gasteiger partial charge in [-0.1, -0.05) is 23.8 Å². The van der Waals surface area contributed by atoms with E-state index in [1.807, 2.05) is 30.2 Å². The van der Waals surface area contributed by atoms with Gasteiger partial charge in [-0.3, -0.25) is 4.72 Å². The van der Waals surface area contributed by atoms with E-state index in [0.29, 0.717) is 19.4 Å². The average Bonchev–Trinajstić information content (AvgIpc) is 2.71. The molecule has 0 unspecified atom stereocenters. The van der Waals surface area contributed by atoms with E-state index in [-0.39, 0.29) is 11.4 Å². The summed E-state index contributed by atoms with van der Waals surface area (Å²) in [6, 6.07) is 4.15. The molecule has 0 aliphatic heterocycles. The molecule has 0 fully saturated rings. The maximum Gasteiger partial charge on any atom is 0.416 e. The Kier molecular flexibility index (Phi) is 8.70. The van der Waals surface area contributed by atoms with Crippen molar-refractivity contribution in [3.05, 3.63) is 53.6 Å². The maximum absolute atomic E-state index is 12.8. The molecule has 0 spiro atoms. The Morgan fingerprint density at radius 2 is 1.90 bits per heavy atom. The van der Waals surface area contributed by atoms with Crippen LogP contribution in [0.2, 0.25) is 0 Å². The van der Waals surface area contributed by atoms with E-state index in [4.69, 9.17) is 9.47 Å². The first-order valence-electron chi connectivity index (χ1n) is 9.82. The summed E-state index contributed by atoms with van der Waals surface area (Å²) in [5.41, 5.74) is 0.169. The SMILES string of the molecule is COC1(OC)C=CC=C(CCN(C)CCCS(=O)(=O)Nc2cccc(C(F)(F)F)c2)C1. The molecular formula is C21H29F3N2O4S. The van der Waals surface area contributed by atoms with E-state index < -0.39 is 27.6 Å². The van der Waals surface area contributed by atoms with Gasteiger partial charge in [0, 0.05) is 32.9 Å². The molecule has 0 radical (unpaired) electrons. The molecule has 2 rings (SSSR count). The van der Waals surface area contributed by atoms with E-state index in [1.165, 1.54) is 12.1 Å². The van der Waals surface area contributed by atoms with Gasteiger partial charge in [0.25, 0.3) is 0 Å². The molecule has 1 aromatic rings. The highest BCUT2D eigenvalue weighted by atomic mass is 32.2. The molecule has 0 aromatic heterocycles. The van der Waals surface area contributed by atoms with Crippen molar-refractivity contribution in [3.8, 4) is 0 Å². The lowest BCUT2D eigenvalue weighted by molar-refractivity contribution is -0.169. The summed E-state index contributed by atoms with van der Waals surface area (Å²) in [5, 5.41) is 0. The Morgan fingerprint density at radius 1 is 1.19 bits per heavy atom. The third-order valence-electron chi connectivity index (χ3n) is 5.08. The van der Waals surface area contributed by atoms with Crippen LogP contribution in [-0.2, 0) is 25.7 Å². The third-order valence-corrected chi connectivity index (χ3v) is 6.45. The molecule has 174 valence electrons. The number of alkyl halides is 3. The summed E-state index contributed by atoms with van der Waals surface area (Å²) in [6.45, 7) is 1.26. The number of halogens is 3. The van der Waals surface area contributed by atoms with Gasteiger partial charge in [-0.15, -0.1) is 0 Å². The lowest BCUT2D eigenvalue weighted by Crippen LogP contribution is -2.33. The zero-order chi connectivity index (χ0) is 23.1. The molecule has 31 heavy (non-hydrogen) atoms. The summed E-state index contributed by atoms with van der Waals surface area (Å²) < 4.78 is 75.9. The van der Waals surface area contributed by atoms with Crippen LogP contribution in [0.1, 0.15) is 24.8 Å². The number of nitrogens with one attached hydrogen (secondary N) is 1. The summed E-state index contributed by atoms with van der Waals surface area (Å²) in [5.74, 6) is -0.929. The molecule has 0 heterocycles. The van der Waals surface area contributed by atoms with Crippen LogP contribution >= 0.6 is 0 Å². The van der Waals surface area contributed by atoms with Crippen LogP contribution in [0, 0.1) is 0 Å². The molecular weight excluding hydrogens is 433 g/mol. The monoisotopic (exact) mass is 462 g/mol. The molecule has 1 aromatic carbocycles. The highest BCUT2D eigenvalue weighted by Crippen LogP contribution is 2.31. The largest absolute Gasteiger partial charge is 0.416 e. The molecule has 0 saturated heterocycles. The fourth-order valence-electron chi connectivity index (χ4n) is 3.26. The van der Waals surface area contributed by atoms with Crippen LogP contribution in [0.25, 0.3) is 0 Å². The minimum absolute atomic E-state index is 0.0970. The van der Waals surface area contributed by atoms with Gasteiger partial charge in [0.15, 0.2) is 5.79 Å². The number of benzene rings is 1. The van der Waals surface area contributed by atoms with Gasteiger partial charge in [0.1, 0.15) is 0 Å². The molecule has 1 aliphatic rings. The van der Waals surface area contributed by atoms with E-state index >= 15 is 0 Å². The standard InChI is InChI=1S/C21H29F3N2O4S/c1-26(13-10-17-7-5-11-20(16-17,29-2)30-3)12-6-14-31(27,28)25-19-9-4-8-18(15-19)21(22,23)24/h4-5,7-9,11,15,25H,6,10,12-14,16H2,1-3H3. The number of hydrogen-bond acceptors (Lipinski definition) is 5. The van der Waals surface area contributed by atoms with Crippen LogP contribution in [0.4, 0.5) is 18.9 Å². The van der Waals surface area contributed by atoms with Crippen LogP contribution in [0.5, 0.6) is 0 Å². The number of ether oxygens (including phenoxy) is 2. The molecule has 1 N–H and O–H groups in total. The molecule has 10 heteroatoms. The second-order valence-corrected chi connectivity index (χ2v) is 9.33. The Balaban J connectivity index is 1.78. The van der Waals surface area contributed by atoms with E-state index in [1.54, 1.807) is 14.2 Å². The normalized spacial score (nSPS) is 16.4. The summed E-state index contributed by atoms with van der Waals surface area (Å²) in [7, 11) is 1.34. The average molecular weight is 463 g/mol. The Morgan fingerprint density at radius 3 is 2.55 bits per heavy atom. The van der Waals surface area contributed by atoms with Crippen molar-refractivity contribution in [2.24, 2.45) is 0 Å². The van der Waals surface area contributed by atoms with Crippen molar-refractivity contribution in [3.63, 3.8) is 0 Å². The van der Waals surface area contributed by atoms with Crippen molar-refractivity contribution in [2.75, 3.05) is 44.8 Å². The zero-order valence-corrected chi connectivity index (χ0v) is 18.7. The van der Waals surface area contributed by atoms with Gasteiger partial charge in [-0.2, -0.15) is 13.2 Å². The van der Waals surface area contributed by atoms with Gasteiger partial charge < -0.3 is 14.4 Å². The van der Waals surface area contributed by atoms with Crippen molar-refractivity contribution in [1.29, 1.82) is 0 Å². The lowest BCUT2D eigenvalue weighted by atomic mass is 9.96. The molecule has 0 bridgehead atoms. The van der Waals surface area contributed by atoms with Crippen LogP contribution in [-0.4, -0.2) is 59.2 Å². The van der Waals surface area contributed by atoms with Gasteiger partial charge in [-0.05, 0) is 50.7 Å². The molecule has 1 aliphatic carbocycles. The second kappa shape index (κ2) is 10.6. The smallest absolute Gasteiger partial charge is 0.349 e. The molecule has 0 saturated carbocycles.